The smallest absolute Gasteiger partial charge is 0.0602 e. The molecule has 0 aromatic rings. The monoisotopic (exact) mass is 140 g/mol. The van der Waals surface area contributed by atoms with Gasteiger partial charge in [0.15, 0.2) is 0 Å². The SMILES string of the molecule is CCC=CCC(O)C1CC1. The van der Waals surface area contributed by atoms with Crippen LogP contribution in [0.4, 0.5) is 0 Å². The van der Waals surface area contributed by atoms with Crippen LogP contribution in [0.2, 0.25) is 0 Å². The minimum absolute atomic E-state index is 0.0530. The fourth-order valence-corrected chi connectivity index (χ4v) is 1.08. The quantitative estimate of drug-likeness (QED) is 0.593. The number of aliphatic hydroxyl groups excluding tert-OH is 1. The first-order valence-electron chi connectivity index (χ1n) is 4.17. The van der Waals surface area contributed by atoms with Crippen LogP contribution in [0.15, 0.2) is 12.2 Å². The molecule has 1 atom stereocenters. The Balaban J connectivity index is 2.05. The summed E-state index contributed by atoms with van der Waals surface area (Å²) >= 11 is 0. The van der Waals surface area contributed by atoms with Crippen LogP contribution in [0.25, 0.3) is 0 Å². The van der Waals surface area contributed by atoms with Crippen LogP contribution < -0.4 is 0 Å². The van der Waals surface area contributed by atoms with Gasteiger partial charge in [0, 0.05) is 0 Å². The van der Waals surface area contributed by atoms with Crippen LogP contribution in [0, 0.1) is 5.92 Å². The van der Waals surface area contributed by atoms with Crippen LogP contribution >= 0.6 is 0 Å². The summed E-state index contributed by atoms with van der Waals surface area (Å²) in [7, 11) is 0. The van der Waals surface area contributed by atoms with Gasteiger partial charge in [-0.2, -0.15) is 0 Å². The lowest BCUT2D eigenvalue weighted by atomic mass is 10.1. The normalized spacial score (nSPS) is 21.8. The van der Waals surface area contributed by atoms with E-state index in [9.17, 15) is 5.11 Å². The van der Waals surface area contributed by atoms with E-state index in [1.165, 1.54) is 12.8 Å². The molecule has 1 rings (SSSR count). The second-order valence-corrected chi connectivity index (χ2v) is 3.02. The van der Waals surface area contributed by atoms with Crippen LogP contribution in [-0.4, -0.2) is 11.2 Å². The number of allylic oxidation sites excluding steroid dienone is 1. The minimum atomic E-state index is -0.0530. The van der Waals surface area contributed by atoms with Crippen molar-refractivity contribution in [2.45, 2.75) is 38.7 Å². The maximum absolute atomic E-state index is 9.36. The van der Waals surface area contributed by atoms with Gasteiger partial charge in [-0.25, -0.2) is 0 Å². The summed E-state index contributed by atoms with van der Waals surface area (Å²) in [6.45, 7) is 2.11. The van der Waals surface area contributed by atoms with Gasteiger partial charge in [0.05, 0.1) is 6.10 Å². The van der Waals surface area contributed by atoms with E-state index in [4.69, 9.17) is 0 Å². The molecule has 0 saturated heterocycles. The molecule has 0 aromatic heterocycles. The van der Waals surface area contributed by atoms with E-state index in [1.807, 2.05) is 0 Å². The predicted octanol–water partition coefficient (Wildman–Crippen LogP) is 2.11. The van der Waals surface area contributed by atoms with E-state index in [-0.39, 0.29) is 6.10 Å². The Morgan fingerprint density at radius 1 is 1.50 bits per heavy atom. The zero-order valence-corrected chi connectivity index (χ0v) is 6.59. The van der Waals surface area contributed by atoms with Crippen molar-refractivity contribution in [3.63, 3.8) is 0 Å². The van der Waals surface area contributed by atoms with Gasteiger partial charge < -0.3 is 5.11 Å². The molecule has 0 heterocycles. The van der Waals surface area contributed by atoms with Crippen molar-refractivity contribution in [3.8, 4) is 0 Å². The highest BCUT2D eigenvalue weighted by atomic mass is 16.3. The fourth-order valence-electron chi connectivity index (χ4n) is 1.08. The molecule has 0 bridgehead atoms. The van der Waals surface area contributed by atoms with Gasteiger partial charge in [0.1, 0.15) is 0 Å². The van der Waals surface area contributed by atoms with Crippen LogP contribution in [-0.2, 0) is 0 Å². The van der Waals surface area contributed by atoms with Crippen molar-refractivity contribution in [1.82, 2.24) is 0 Å². The first-order chi connectivity index (χ1) is 4.84. The second-order valence-electron chi connectivity index (χ2n) is 3.02. The average molecular weight is 140 g/mol. The molecule has 1 saturated carbocycles. The highest BCUT2D eigenvalue weighted by Crippen LogP contribution is 2.33. The largest absolute Gasteiger partial charge is 0.393 e. The van der Waals surface area contributed by atoms with E-state index in [0.29, 0.717) is 5.92 Å². The number of rotatable bonds is 4. The summed E-state index contributed by atoms with van der Waals surface area (Å²) < 4.78 is 0. The van der Waals surface area contributed by atoms with E-state index in [0.717, 1.165) is 12.8 Å². The molecule has 0 radical (unpaired) electrons. The Labute approximate surface area is 62.8 Å². The Morgan fingerprint density at radius 2 is 2.20 bits per heavy atom. The molecule has 0 spiro atoms. The van der Waals surface area contributed by atoms with Gasteiger partial charge in [0.2, 0.25) is 0 Å². The van der Waals surface area contributed by atoms with Crippen LogP contribution in [0.3, 0.4) is 0 Å². The molecule has 0 amide bonds. The van der Waals surface area contributed by atoms with Gasteiger partial charge in [0.25, 0.3) is 0 Å². The van der Waals surface area contributed by atoms with Crippen molar-refractivity contribution in [3.05, 3.63) is 12.2 Å². The summed E-state index contributed by atoms with van der Waals surface area (Å²) in [6.07, 6.45) is 8.56. The number of hydrogen-bond acceptors (Lipinski definition) is 1. The van der Waals surface area contributed by atoms with Crippen molar-refractivity contribution in [2.75, 3.05) is 0 Å². The van der Waals surface area contributed by atoms with E-state index in [1.54, 1.807) is 0 Å². The van der Waals surface area contributed by atoms with Crippen LogP contribution in [0.1, 0.15) is 32.6 Å². The van der Waals surface area contributed by atoms with E-state index < -0.39 is 0 Å². The van der Waals surface area contributed by atoms with E-state index in [2.05, 4.69) is 19.1 Å². The lowest BCUT2D eigenvalue weighted by molar-refractivity contribution is 0.154. The lowest BCUT2D eigenvalue weighted by Crippen LogP contribution is -2.06. The molecule has 1 aliphatic carbocycles. The molecule has 1 unspecified atom stereocenters. The zero-order chi connectivity index (χ0) is 7.40. The summed E-state index contributed by atoms with van der Waals surface area (Å²) in [5.74, 6) is 0.626. The standard InChI is InChI=1S/C9H16O/c1-2-3-4-5-9(10)8-6-7-8/h3-4,8-10H,2,5-7H2,1H3. The summed E-state index contributed by atoms with van der Waals surface area (Å²) in [6, 6.07) is 0. The maximum atomic E-state index is 9.36. The van der Waals surface area contributed by atoms with Gasteiger partial charge in [-0.15, -0.1) is 0 Å². The molecule has 1 N–H and O–H groups in total. The predicted molar refractivity (Wildman–Crippen MR) is 42.8 cm³/mol. The molecule has 0 aliphatic heterocycles. The van der Waals surface area contributed by atoms with Gasteiger partial charge in [-0.1, -0.05) is 19.1 Å². The zero-order valence-electron chi connectivity index (χ0n) is 6.59. The summed E-state index contributed by atoms with van der Waals surface area (Å²) in [5, 5.41) is 9.36. The number of hydrogen-bond donors (Lipinski definition) is 1. The molecule has 0 aromatic carbocycles. The maximum Gasteiger partial charge on any atom is 0.0602 e. The van der Waals surface area contributed by atoms with E-state index >= 15 is 0 Å². The Bertz CT molecular complexity index is 114. The first kappa shape index (κ1) is 7.80. The van der Waals surface area contributed by atoms with Gasteiger partial charge in [-0.3, -0.25) is 0 Å². The van der Waals surface area contributed by atoms with Crippen molar-refractivity contribution < 1.29 is 5.11 Å². The minimum Gasteiger partial charge on any atom is -0.393 e. The molecule has 1 fully saturated rings. The molecule has 1 aliphatic rings. The lowest BCUT2D eigenvalue weighted by Gasteiger charge is -2.03. The summed E-state index contributed by atoms with van der Waals surface area (Å²) in [4.78, 5) is 0. The average Bonchev–Trinajstić information content (AvgIpc) is 2.69. The van der Waals surface area contributed by atoms with Crippen molar-refractivity contribution in [1.29, 1.82) is 0 Å². The fraction of sp³-hybridized carbons (Fsp3) is 0.778. The van der Waals surface area contributed by atoms with Crippen molar-refractivity contribution in [2.24, 2.45) is 5.92 Å². The molecule has 10 heavy (non-hydrogen) atoms. The second kappa shape index (κ2) is 3.77. The Hall–Kier alpha value is -0.300. The Morgan fingerprint density at radius 3 is 2.70 bits per heavy atom. The third-order valence-corrected chi connectivity index (χ3v) is 1.95. The molecule has 1 heteroatoms. The topological polar surface area (TPSA) is 20.2 Å². The van der Waals surface area contributed by atoms with Gasteiger partial charge >= 0.3 is 0 Å². The van der Waals surface area contributed by atoms with Crippen molar-refractivity contribution >= 4 is 0 Å². The molecular weight excluding hydrogens is 124 g/mol. The highest BCUT2D eigenvalue weighted by molar-refractivity contribution is 4.89. The first-order valence-corrected chi connectivity index (χ1v) is 4.17. The third-order valence-electron chi connectivity index (χ3n) is 1.95. The molecular formula is C9H16O. The highest BCUT2D eigenvalue weighted by Gasteiger charge is 2.28. The Kier molecular flexibility index (Phi) is 2.94. The molecule has 58 valence electrons. The third kappa shape index (κ3) is 2.53. The molecule has 1 nitrogen and oxygen atoms in total. The van der Waals surface area contributed by atoms with Gasteiger partial charge in [-0.05, 0) is 31.6 Å². The summed E-state index contributed by atoms with van der Waals surface area (Å²) in [5.41, 5.74) is 0. The number of aliphatic hydroxyl groups is 1. The van der Waals surface area contributed by atoms with Crippen LogP contribution in [0.5, 0.6) is 0 Å².